The second kappa shape index (κ2) is 8.47. The normalized spacial score (nSPS) is 12.1. The maximum absolute atomic E-state index is 11.8. The lowest BCUT2D eigenvalue weighted by molar-refractivity contribution is -0.385. The smallest absolute Gasteiger partial charge is 0.408 e. The number of ether oxygens (including phenoxy) is 1. The number of hydrogen-bond donors (Lipinski definition) is 2. The van der Waals surface area contributed by atoms with Crippen molar-refractivity contribution in [2.45, 2.75) is 38.8 Å². The number of benzene rings is 1. The van der Waals surface area contributed by atoms with Gasteiger partial charge in [-0.25, -0.2) is 14.6 Å². The van der Waals surface area contributed by atoms with Crippen LogP contribution in [-0.4, -0.2) is 38.7 Å². The van der Waals surface area contributed by atoms with Crippen molar-refractivity contribution < 1.29 is 24.4 Å². The van der Waals surface area contributed by atoms with Crippen molar-refractivity contribution in [3.63, 3.8) is 0 Å². The molecule has 1 heterocycles. The molecule has 2 rings (SSSR count). The number of pyridine rings is 1. The van der Waals surface area contributed by atoms with Gasteiger partial charge in [-0.3, -0.25) is 10.1 Å². The number of carbonyl (C=O) groups excluding carboxylic acids is 1. The molecule has 2 aromatic rings. The summed E-state index contributed by atoms with van der Waals surface area (Å²) in [5.74, 6) is -1.17. The first-order valence-electron chi connectivity index (χ1n) is 8.47. The fraction of sp³-hybridized carbons (Fsp3) is 0.316. The van der Waals surface area contributed by atoms with Crippen molar-refractivity contribution in [3.05, 3.63) is 58.3 Å². The topological polar surface area (TPSA) is 132 Å². The quantitative estimate of drug-likeness (QED) is 0.575. The van der Waals surface area contributed by atoms with Gasteiger partial charge in [0.05, 0.1) is 10.6 Å². The van der Waals surface area contributed by atoms with Crippen LogP contribution in [0.1, 0.15) is 26.3 Å². The molecule has 1 aromatic heterocycles. The van der Waals surface area contributed by atoms with Gasteiger partial charge in [-0.2, -0.15) is 0 Å². The Morgan fingerprint density at radius 2 is 1.86 bits per heavy atom. The van der Waals surface area contributed by atoms with E-state index >= 15 is 0 Å². The van der Waals surface area contributed by atoms with Crippen molar-refractivity contribution in [1.82, 2.24) is 10.3 Å². The molecule has 148 valence electrons. The molecule has 0 radical (unpaired) electrons. The molecule has 0 fully saturated rings. The van der Waals surface area contributed by atoms with E-state index in [1.165, 1.54) is 18.3 Å². The number of nitrogens with one attached hydrogen (secondary N) is 1. The van der Waals surface area contributed by atoms with Crippen molar-refractivity contribution in [2.24, 2.45) is 0 Å². The highest BCUT2D eigenvalue weighted by Crippen LogP contribution is 2.20. The predicted molar refractivity (Wildman–Crippen MR) is 101 cm³/mol. The van der Waals surface area contributed by atoms with Crippen LogP contribution >= 0.6 is 0 Å². The van der Waals surface area contributed by atoms with Crippen LogP contribution < -0.4 is 5.32 Å². The van der Waals surface area contributed by atoms with Crippen LogP contribution in [0.3, 0.4) is 0 Å². The van der Waals surface area contributed by atoms with Gasteiger partial charge >= 0.3 is 12.1 Å². The monoisotopic (exact) mass is 387 g/mol. The fourth-order valence-electron chi connectivity index (χ4n) is 2.36. The van der Waals surface area contributed by atoms with Gasteiger partial charge in [0.1, 0.15) is 17.8 Å². The molecule has 0 bridgehead atoms. The summed E-state index contributed by atoms with van der Waals surface area (Å²) in [4.78, 5) is 37.5. The van der Waals surface area contributed by atoms with E-state index in [-0.39, 0.29) is 12.1 Å². The van der Waals surface area contributed by atoms with Crippen LogP contribution in [0.15, 0.2) is 42.6 Å². The maximum atomic E-state index is 11.8. The lowest BCUT2D eigenvalue weighted by atomic mass is 10.0. The number of nitro groups is 1. The molecule has 0 aliphatic rings. The van der Waals surface area contributed by atoms with E-state index in [4.69, 9.17) is 4.74 Å². The number of carboxylic acids is 1. The first kappa shape index (κ1) is 20.8. The van der Waals surface area contributed by atoms with E-state index in [1.54, 1.807) is 45.0 Å². The average Bonchev–Trinajstić information content (AvgIpc) is 2.60. The van der Waals surface area contributed by atoms with E-state index in [9.17, 15) is 24.8 Å². The zero-order valence-corrected chi connectivity index (χ0v) is 15.7. The second-order valence-corrected chi connectivity index (χ2v) is 7.10. The third kappa shape index (κ3) is 6.04. The molecular weight excluding hydrogens is 366 g/mol. The van der Waals surface area contributed by atoms with Crippen molar-refractivity contribution >= 4 is 17.7 Å². The van der Waals surface area contributed by atoms with Crippen LogP contribution in [0.5, 0.6) is 0 Å². The minimum Gasteiger partial charge on any atom is -0.480 e. The predicted octanol–water partition coefficient (Wildman–Crippen LogP) is 3.18. The Kier molecular flexibility index (Phi) is 6.29. The molecule has 0 spiro atoms. The number of carboxylic acid groups (broad SMARTS) is 1. The minimum absolute atomic E-state index is 0.0720. The molecule has 9 nitrogen and oxygen atoms in total. The van der Waals surface area contributed by atoms with Crippen molar-refractivity contribution in [3.8, 4) is 11.3 Å². The van der Waals surface area contributed by atoms with Crippen LogP contribution in [0.4, 0.5) is 10.5 Å². The molecule has 0 saturated carbocycles. The fourth-order valence-corrected chi connectivity index (χ4v) is 2.36. The van der Waals surface area contributed by atoms with Crippen molar-refractivity contribution in [2.75, 3.05) is 0 Å². The summed E-state index contributed by atoms with van der Waals surface area (Å²) in [6.45, 7) is 5.06. The molecule has 0 aliphatic heterocycles. The number of carbonyl (C=O) groups is 2. The standard InChI is InChI=1S/C19H21N3O6/c1-19(2,3)28-18(25)21-16(17(23)24)10-12-4-6-13(7-5-12)15-9-8-14(11-20-15)22(26)27/h4-9,11,16H,10H2,1-3H3,(H,21,25)(H,23,24). The largest absolute Gasteiger partial charge is 0.480 e. The van der Waals surface area contributed by atoms with Crippen LogP contribution in [0.25, 0.3) is 11.3 Å². The summed E-state index contributed by atoms with van der Waals surface area (Å²) in [6.07, 6.45) is 0.448. The Hall–Kier alpha value is -3.49. The second-order valence-electron chi connectivity index (χ2n) is 7.10. The summed E-state index contributed by atoms with van der Waals surface area (Å²) >= 11 is 0. The molecule has 28 heavy (non-hydrogen) atoms. The Bertz CT molecular complexity index is 857. The summed E-state index contributed by atoms with van der Waals surface area (Å²) in [5.41, 5.74) is 1.14. The Morgan fingerprint density at radius 3 is 2.32 bits per heavy atom. The highest BCUT2D eigenvalue weighted by Gasteiger charge is 2.24. The molecule has 1 amide bonds. The van der Waals surface area contributed by atoms with Gasteiger partial charge in [0.2, 0.25) is 0 Å². The van der Waals surface area contributed by atoms with Gasteiger partial charge < -0.3 is 15.2 Å². The molecular formula is C19H21N3O6. The van der Waals surface area contributed by atoms with Gasteiger partial charge in [0.15, 0.2) is 0 Å². The first-order chi connectivity index (χ1) is 13.0. The summed E-state index contributed by atoms with van der Waals surface area (Å²) in [6, 6.07) is 8.65. The maximum Gasteiger partial charge on any atom is 0.408 e. The summed E-state index contributed by atoms with van der Waals surface area (Å²) in [7, 11) is 0. The zero-order valence-electron chi connectivity index (χ0n) is 15.7. The van der Waals surface area contributed by atoms with Gasteiger partial charge in [0, 0.05) is 18.1 Å². The highest BCUT2D eigenvalue weighted by atomic mass is 16.6. The van der Waals surface area contributed by atoms with Gasteiger partial charge in [-0.05, 0) is 32.4 Å². The van der Waals surface area contributed by atoms with E-state index < -0.39 is 28.6 Å². The van der Waals surface area contributed by atoms with Gasteiger partial charge in [-0.15, -0.1) is 0 Å². The number of alkyl carbamates (subject to hydrolysis) is 1. The first-order valence-corrected chi connectivity index (χ1v) is 8.47. The van der Waals surface area contributed by atoms with E-state index in [0.29, 0.717) is 11.3 Å². The molecule has 1 atom stereocenters. The van der Waals surface area contributed by atoms with Gasteiger partial charge in [0.25, 0.3) is 5.69 Å². The molecule has 1 unspecified atom stereocenters. The summed E-state index contributed by atoms with van der Waals surface area (Å²) in [5, 5.41) is 22.4. The molecule has 0 saturated heterocycles. The average molecular weight is 387 g/mol. The van der Waals surface area contributed by atoms with Crippen molar-refractivity contribution in [1.29, 1.82) is 0 Å². The molecule has 2 N–H and O–H groups in total. The number of rotatable bonds is 6. The number of aromatic nitrogens is 1. The van der Waals surface area contributed by atoms with E-state index in [1.807, 2.05) is 0 Å². The summed E-state index contributed by atoms with van der Waals surface area (Å²) < 4.78 is 5.09. The van der Waals surface area contributed by atoms with Gasteiger partial charge in [-0.1, -0.05) is 24.3 Å². The number of aliphatic carboxylic acids is 1. The molecule has 0 aliphatic carbocycles. The SMILES string of the molecule is CC(C)(C)OC(=O)NC(Cc1ccc(-c2ccc([N+](=O)[O-])cn2)cc1)C(=O)O. The third-order valence-electron chi connectivity index (χ3n) is 3.64. The molecule has 9 heteroatoms. The van der Waals surface area contributed by atoms with E-state index in [0.717, 1.165) is 5.56 Å². The van der Waals surface area contributed by atoms with Crippen LogP contribution in [-0.2, 0) is 16.0 Å². The number of hydrogen-bond acceptors (Lipinski definition) is 6. The minimum atomic E-state index is -1.17. The van der Waals surface area contributed by atoms with E-state index in [2.05, 4.69) is 10.3 Å². The van der Waals surface area contributed by atoms with Crippen LogP contribution in [0.2, 0.25) is 0 Å². The lowest BCUT2D eigenvalue weighted by Crippen LogP contribution is -2.44. The number of nitrogens with zero attached hydrogens (tertiary/aromatic N) is 2. The highest BCUT2D eigenvalue weighted by molar-refractivity contribution is 5.80. The zero-order chi connectivity index (χ0) is 20.9. The lowest BCUT2D eigenvalue weighted by Gasteiger charge is -2.22. The Labute approximate surface area is 161 Å². The third-order valence-corrected chi connectivity index (χ3v) is 3.64. The number of amides is 1. The Morgan fingerprint density at radius 1 is 1.21 bits per heavy atom. The Balaban J connectivity index is 2.07. The van der Waals surface area contributed by atoms with Crippen LogP contribution in [0, 0.1) is 10.1 Å². The molecule has 1 aromatic carbocycles.